The quantitative estimate of drug-likeness (QED) is 0.815. The van der Waals surface area contributed by atoms with E-state index in [1.165, 1.54) is 11.3 Å². The highest BCUT2D eigenvalue weighted by molar-refractivity contribution is 7.09. The smallest absolute Gasteiger partial charge is 0.346 e. The number of urea groups is 1. The maximum absolute atomic E-state index is 11.6. The van der Waals surface area contributed by atoms with Crippen LogP contribution in [0.2, 0.25) is 0 Å². The molecule has 1 unspecified atom stereocenters. The Kier molecular flexibility index (Phi) is 1.79. The number of rotatable bonds is 2. The number of hydrogen-bond donors (Lipinski definition) is 1. The normalized spacial score (nSPS) is 25.9. The van der Waals surface area contributed by atoms with Gasteiger partial charge in [0.15, 0.2) is 0 Å². The van der Waals surface area contributed by atoms with Crippen LogP contribution in [0.4, 0.5) is 4.79 Å². The number of nitrogens with zero attached hydrogens (tertiary/aromatic N) is 3. The average Bonchev–Trinajstić information content (AvgIpc) is 2.79. The molecule has 0 radical (unpaired) electrons. The van der Waals surface area contributed by atoms with Crippen LogP contribution in [-0.2, 0) is 0 Å². The number of aliphatic imine (C=N–C) groups is 1. The Balaban J connectivity index is 1.97. The van der Waals surface area contributed by atoms with Crippen molar-refractivity contribution in [3.63, 3.8) is 0 Å². The Morgan fingerprint density at radius 2 is 2.33 bits per heavy atom. The Morgan fingerprint density at radius 3 is 2.93 bits per heavy atom. The van der Waals surface area contributed by atoms with Gasteiger partial charge in [0.05, 0.1) is 0 Å². The van der Waals surface area contributed by atoms with Gasteiger partial charge >= 0.3 is 6.03 Å². The zero-order valence-electron chi connectivity index (χ0n) is 7.96. The zero-order chi connectivity index (χ0) is 10.4. The summed E-state index contributed by atoms with van der Waals surface area (Å²) in [5.41, 5.74) is 5.77. The summed E-state index contributed by atoms with van der Waals surface area (Å²) in [7, 11) is 0. The predicted molar refractivity (Wildman–Crippen MR) is 56.7 cm³/mol. The van der Waals surface area contributed by atoms with Crippen LogP contribution in [0.5, 0.6) is 0 Å². The van der Waals surface area contributed by atoms with Crippen molar-refractivity contribution in [1.29, 1.82) is 0 Å². The van der Waals surface area contributed by atoms with E-state index >= 15 is 0 Å². The molecule has 0 spiro atoms. The molecule has 3 rings (SSSR count). The second-order valence-electron chi connectivity index (χ2n) is 3.73. The van der Waals surface area contributed by atoms with Crippen LogP contribution in [0.25, 0.3) is 0 Å². The molecule has 1 aliphatic carbocycles. The molecule has 5 nitrogen and oxygen atoms in total. The summed E-state index contributed by atoms with van der Waals surface area (Å²) < 4.78 is 0. The van der Waals surface area contributed by atoms with Crippen molar-refractivity contribution in [3.05, 3.63) is 16.6 Å². The summed E-state index contributed by atoms with van der Waals surface area (Å²) >= 11 is 1.51. The van der Waals surface area contributed by atoms with Crippen molar-refractivity contribution in [2.24, 2.45) is 10.7 Å². The van der Waals surface area contributed by atoms with E-state index in [0.717, 1.165) is 17.8 Å². The van der Waals surface area contributed by atoms with Crippen LogP contribution in [0.3, 0.4) is 0 Å². The molecule has 1 atom stereocenters. The van der Waals surface area contributed by atoms with Crippen molar-refractivity contribution in [1.82, 2.24) is 9.88 Å². The Morgan fingerprint density at radius 1 is 1.53 bits per heavy atom. The van der Waals surface area contributed by atoms with Gasteiger partial charge in [-0.1, -0.05) is 0 Å². The minimum Gasteiger partial charge on any atom is -0.385 e. The lowest BCUT2D eigenvalue weighted by Crippen LogP contribution is -2.34. The lowest BCUT2D eigenvalue weighted by atomic mass is 10.2. The maximum atomic E-state index is 11.6. The maximum Gasteiger partial charge on any atom is 0.346 e. The largest absolute Gasteiger partial charge is 0.385 e. The molecular weight excluding hydrogens is 212 g/mol. The standard InChI is InChI=1S/C9H10N4OS/c10-7-6(8-11-3-4-15-8)13(5-1-2-5)9(14)12-7/h3-6H,1-2H2,(H2,10,12,14). The minimum atomic E-state index is -0.218. The van der Waals surface area contributed by atoms with Crippen LogP contribution in [0, 0.1) is 0 Å². The molecule has 1 aromatic heterocycles. The summed E-state index contributed by atoms with van der Waals surface area (Å²) in [6.45, 7) is 0. The van der Waals surface area contributed by atoms with E-state index in [0.29, 0.717) is 11.9 Å². The first-order chi connectivity index (χ1) is 7.27. The molecule has 78 valence electrons. The van der Waals surface area contributed by atoms with Crippen LogP contribution < -0.4 is 5.73 Å². The van der Waals surface area contributed by atoms with Gasteiger partial charge in [0, 0.05) is 17.6 Å². The molecule has 15 heavy (non-hydrogen) atoms. The fourth-order valence-corrected chi connectivity index (χ4v) is 2.56. The lowest BCUT2D eigenvalue weighted by molar-refractivity contribution is 0.203. The number of amides is 2. The number of aromatic nitrogens is 1. The highest BCUT2D eigenvalue weighted by Crippen LogP contribution is 2.38. The molecule has 2 N–H and O–H groups in total. The summed E-state index contributed by atoms with van der Waals surface area (Å²) in [6.07, 6.45) is 3.83. The van der Waals surface area contributed by atoms with Gasteiger partial charge < -0.3 is 10.6 Å². The van der Waals surface area contributed by atoms with E-state index in [1.807, 2.05) is 5.38 Å². The van der Waals surface area contributed by atoms with E-state index in [4.69, 9.17) is 5.73 Å². The topological polar surface area (TPSA) is 71.6 Å². The van der Waals surface area contributed by atoms with Crippen LogP contribution >= 0.6 is 11.3 Å². The third-order valence-corrected chi connectivity index (χ3v) is 3.46. The Hall–Kier alpha value is -1.43. The van der Waals surface area contributed by atoms with Gasteiger partial charge in [0.1, 0.15) is 16.9 Å². The van der Waals surface area contributed by atoms with E-state index in [1.54, 1.807) is 11.1 Å². The summed E-state index contributed by atoms with van der Waals surface area (Å²) in [4.78, 5) is 21.4. The fraction of sp³-hybridized carbons (Fsp3) is 0.444. The van der Waals surface area contributed by atoms with Gasteiger partial charge in [-0.3, -0.25) is 0 Å². The van der Waals surface area contributed by atoms with Crippen molar-refractivity contribution in [3.8, 4) is 0 Å². The zero-order valence-corrected chi connectivity index (χ0v) is 8.78. The number of hydrogen-bond acceptors (Lipinski definition) is 4. The van der Waals surface area contributed by atoms with Gasteiger partial charge in [-0.2, -0.15) is 4.99 Å². The number of carbonyl (C=O) groups is 1. The fourth-order valence-electron chi connectivity index (χ4n) is 1.82. The van der Waals surface area contributed by atoms with Gasteiger partial charge in [-0.15, -0.1) is 11.3 Å². The first-order valence-electron chi connectivity index (χ1n) is 4.83. The van der Waals surface area contributed by atoms with Crippen molar-refractivity contribution >= 4 is 23.2 Å². The second-order valence-corrected chi connectivity index (χ2v) is 4.66. The number of carbonyl (C=O) groups excluding carboxylic acids is 1. The molecular formula is C9H10N4OS. The van der Waals surface area contributed by atoms with Crippen LogP contribution in [-0.4, -0.2) is 27.8 Å². The number of amidine groups is 1. The average molecular weight is 222 g/mol. The monoisotopic (exact) mass is 222 g/mol. The van der Waals surface area contributed by atoms with Gasteiger partial charge in [-0.05, 0) is 12.8 Å². The van der Waals surface area contributed by atoms with Crippen molar-refractivity contribution < 1.29 is 4.79 Å². The van der Waals surface area contributed by atoms with Gasteiger partial charge in [-0.25, -0.2) is 9.78 Å². The molecule has 1 saturated carbocycles. The second kappa shape index (κ2) is 3.03. The van der Waals surface area contributed by atoms with E-state index in [9.17, 15) is 4.79 Å². The minimum absolute atomic E-state index is 0.213. The van der Waals surface area contributed by atoms with Crippen molar-refractivity contribution in [2.45, 2.75) is 24.9 Å². The highest BCUT2D eigenvalue weighted by atomic mass is 32.1. The molecule has 0 bridgehead atoms. The number of nitrogens with two attached hydrogens (primary N) is 1. The van der Waals surface area contributed by atoms with Gasteiger partial charge in [0.25, 0.3) is 0 Å². The summed E-state index contributed by atoms with van der Waals surface area (Å²) in [6, 6.07) is -0.114. The molecule has 0 saturated heterocycles. The van der Waals surface area contributed by atoms with Crippen molar-refractivity contribution in [2.75, 3.05) is 0 Å². The van der Waals surface area contributed by atoms with E-state index in [2.05, 4.69) is 9.98 Å². The first kappa shape index (κ1) is 8.84. The molecule has 2 aliphatic rings. The Labute approximate surface area is 90.6 Å². The molecule has 2 amide bonds. The lowest BCUT2D eigenvalue weighted by Gasteiger charge is -2.21. The first-order valence-corrected chi connectivity index (χ1v) is 5.71. The van der Waals surface area contributed by atoms with E-state index < -0.39 is 0 Å². The van der Waals surface area contributed by atoms with Crippen LogP contribution in [0.1, 0.15) is 23.9 Å². The SMILES string of the molecule is NC1=NC(=O)N(C2CC2)C1c1nccs1. The summed E-state index contributed by atoms with van der Waals surface area (Å²) in [5, 5.41) is 2.74. The molecule has 6 heteroatoms. The van der Waals surface area contributed by atoms with Crippen LogP contribution in [0.15, 0.2) is 16.6 Å². The van der Waals surface area contributed by atoms with E-state index in [-0.39, 0.29) is 12.1 Å². The predicted octanol–water partition coefficient (Wildman–Crippen LogP) is 1.14. The molecule has 2 heterocycles. The van der Waals surface area contributed by atoms with Gasteiger partial charge in [0.2, 0.25) is 0 Å². The molecule has 1 aromatic rings. The Bertz CT molecular complexity index is 423. The number of thiazole rings is 1. The summed E-state index contributed by atoms with van der Waals surface area (Å²) in [5.74, 6) is 0.377. The third-order valence-electron chi connectivity index (χ3n) is 2.63. The third kappa shape index (κ3) is 1.32. The molecule has 0 aromatic carbocycles. The highest BCUT2D eigenvalue weighted by Gasteiger charge is 2.44. The molecule has 1 fully saturated rings. The molecule has 1 aliphatic heterocycles.